The van der Waals surface area contributed by atoms with Crippen LogP contribution in [-0.4, -0.2) is 22.8 Å². The first-order chi connectivity index (χ1) is 5.41. The van der Waals surface area contributed by atoms with Crippen molar-refractivity contribution in [2.45, 2.75) is 33.2 Å². The van der Waals surface area contributed by atoms with Crippen LogP contribution in [0.4, 0.5) is 5.13 Å². The Balaban J connectivity index is 2.85. The van der Waals surface area contributed by atoms with E-state index in [9.17, 15) is 0 Å². The van der Waals surface area contributed by atoms with E-state index in [4.69, 9.17) is 0 Å². The third kappa shape index (κ3) is 1.94. The highest BCUT2D eigenvalue weighted by Crippen LogP contribution is 2.24. The first-order valence-corrected chi connectivity index (χ1v) is 4.77. The lowest BCUT2D eigenvalue weighted by atomic mass is 10.1. The van der Waals surface area contributed by atoms with Gasteiger partial charge in [0.25, 0.3) is 0 Å². The molecule has 1 rings (SSSR count). The van der Waals surface area contributed by atoms with E-state index in [0.717, 1.165) is 10.1 Å². The molecule has 0 aliphatic rings. The number of nitrogens with zero attached hydrogens (tertiary/aromatic N) is 3. The second kappa shape index (κ2) is 3.01. The van der Waals surface area contributed by atoms with Gasteiger partial charge >= 0.3 is 0 Å². The van der Waals surface area contributed by atoms with Crippen LogP contribution < -0.4 is 4.90 Å². The van der Waals surface area contributed by atoms with Crippen molar-refractivity contribution < 1.29 is 0 Å². The molecule has 0 fully saturated rings. The zero-order chi connectivity index (χ0) is 9.35. The van der Waals surface area contributed by atoms with E-state index >= 15 is 0 Å². The Morgan fingerprint density at radius 2 is 1.83 bits per heavy atom. The summed E-state index contributed by atoms with van der Waals surface area (Å²) >= 11 is 1.63. The predicted octanol–water partition coefficient (Wildman–Crippen LogP) is 2.08. The van der Waals surface area contributed by atoms with E-state index < -0.39 is 0 Å². The first-order valence-electron chi connectivity index (χ1n) is 3.95. The molecule has 4 heteroatoms. The summed E-state index contributed by atoms with van der Waals surface area (Å²) in [6, 6.07) is 0. The van der Waals surface area contributed by atoms with Gasteiger partial charge in [-0.2, -0.15) is 0 Å². The Bertz CT molecular complexity index is 262. The number of anilines is 1. The maximum atomic E-state index is 4.08. The van der Waals surface area contributed by atoms with Crippen molar-refractivity contribution in [3.63, 3.8) is 0 Å². The van der Waals surface area contributed by atoms with Gasteiger partial charge in [-0.15, -0.1) is 10.2 Å². The molecule has 0 radical (unpaired) electrons. The molecule has 1 aromatic rings. The van der Waals surface area contributed by atoms with Gasteiger partial charge in [0, 0.05) is 12.6 Å². The van der Waals surface area contributed by atoms with E-state index in [1.165, 1.54) is 0 Å². The van der Waals surface area contributed by atoms with Crippen molar-refractivity contribution in [1.29, 1.82) is 0 Å². The molecule has 1 heterocycles. The smallest absolute Gasteiger partial charge is 0.208 e. The van der Waals surface area contributed by atoms with Crippen LogP contribution in [0, 0.1) is 6.92 Å². The minimum atomic E-state index is 0.117. The predicted molar refractivity (Wildman–Crippen MR) is 52.8 cm³/mol. The lowest BCUT2D eigenvalue weighted by Crippen LogP contribution is -2.37. The Morgan fingerprint density at radius 1 is 1.25 bits per heavy atom. The molecule has 0 N–H and O–H groups in total. The molecule has 0 aromatic carbocycles. The topological polar surface area (TPSA) is 29.0 Å². The average molecular weight is 185 g/mol. The normalized spacial score (nSPS) is 11.8. The zero-order valence-electron chi connectivity index (χ0n) is 8.25. The highest BCUT2D eigenvalue weighted by molar-refractivity contribution is 7.15. The van der Waals surface area contributed by atoms with Gasteiger partial charge in [0.1, 0.15) is 5.01 Å². The van der Waals surface area contributed by atoms with E-state index in [1.807, 2.05) is 14.0 Å². The molecule has 0 saturated heterocycles. The lowest BCUT2D eigenvalue weighted by molar-refractivity contribution is 0.536. The molecule has 0 unspecified atom stereocenters. The summed E-state index contributed by atoms with van der Waals surface area (Å²) in [6.45, 7) is 8.44. The van der Waals surface area contributed by atoms with Crippen molar-refractivity contribution in [3.8, 4) is 0 Å². The maximum Gasteiger partial charge on any atom is 0.208 e. The number of hydrogen-bond acceptors (Lipinski definition) is 4. The van der Waals surface area contributed by atoms with Crippen LogP contribution in [0.1, 0.15) is 25.8 Å². The molecule has 0 aliphatic carbocycles. The minimum absolute atomic E-state index is 0.117. The van der Waals surface area contributed by atoms with Gasteiger partial charge in [0.15, 0.2) is 0 Å². The molecular weight excluding hydrogens is 170 g/mol. The van der Waals surface area contributed by atoms with E-state index in [-0.39, 0.29) is 5.54 Å². The standard InChI is InChI=1S/C8H15N3S/c1-6-9-10-7(12-6)11(5)8(2,3)4/h1-5H3. The van der Waals surface area contributed by atoms with Crippen molar-refractivity contribution in [1.82, 2.24) is 10.2 Å². The van der Waals surface area contributed by atoms with Crippen LogP contribution in [-0.2, 0) is 0 Å². The summed E-state index contributed by atoms with van der Waals surface area (Å²) in [6.07, 6.45) is 0. The molecule has 12 heavy (non-hydrogen) atoms. The van der Waals surface area contributed by atoms with Crippen LogP contribution in [0.15, 0.2) is 0 Å². The van der Waals surface area contributed by atoms with Crippen molar-refractivity contribution >= 4 is 16.5 Å². The minimum Gasteiger partial charge on any atom is -0.345 e. The Morgan fingerprint density at radius 3 is 2.17 bits per heavy atom. The molecule has 1 aromatic heterocycles. The second-order valence-electron chi connectivity index (χ2n) is 3.83. The largest absolute Gasteiger partial charge is 0.345 e. The molecule has 0 aliphatic heterocycles. The van der Waals surface area contributed by atoms with Crippen LogP contribution in [0.25, 0.3) is 0 Å². The van der Waals surface area contributed by atoms with Gasteiger partial charge in [-0.3, -0.25) is 0 Å². The fourth-order valence-corrected chi connectivity index (χ4v) is 1.55. The maximum absolute atomic E-state index is 4.08. The fraction of sp³-hybridized carbons (Fsp3) is 0.750. The molecule has 68 valence electrons. The van der Waals surface area contributed by atoms with Gasteiger partial charge in [-0.25, -0.2) is 0 Å². The summed E-state index contributed by atoms with van der Waals surface area (Å²) in [5.41, 5.74) is 0.117. The molecule has 0 saturated carbocycles. The summed E-state index contributed by atoms with van der Waals surface area (Å²) < 4.78 is 0. The van der Waals surface area contributed by atoms with Gasteiger partial charge in [-0.05, 0) is 27.7 Å². The molecule has 0 amide bonds. The molecule has 0 atom stereocenters. The SMILES string of the molecule is Cc1nnc(N(C)C(C)(C)C)s1. The molecule has 3 nitrogen and oxygen atoms in total. The third-order valence-electron chi connectivity index (χ3n) is 1.81. The van der Waals surface area contributed by atoms with Crippen LogP contribution in [0.2, 0.25) is 0 Å². The van der Waals surface area contributed by atoms with E-state index in [1.54, 1.807) is 11.3 Å². The lowest BCUT2D eigenvalue weighted by Gasteiger charge is -2.30. The quantitative estimate of drug-likeness (QED) is 0.670. The molecule has 0 bridgehead atoms. The summed E-state index contributed by atoms with van der Waals surface area (Å²) in [5, 5.41) is 10.1. The highest BCUT2D eigenvalue weighted by atomic mass is 32.1. The van der Waals surface area contributed by atoms with Crippen molar-refractivity contribution in [2.24, 2.45) is 0 Å². The Labute approximate surface area is 77.4 Å². The van der Waals surface area contributed by atoms with Crippen LogP contribution in [0.5, 0.6) is 0 Å². The summed E-state index contributed by atoms with van der Waals surface area (Å²) in [4.78, 5) is 2.14. The van der Waals surface area contributed by atoms with Crippen LogP contribution in [0.3, 0.4) is 0 Å². The fourth-order valence-electron chi connectivity index (χ4n) is 0.709. The molecule has 0 spiro atoms. The van der Waals surface area contributed by atoms with Crippen molar-refractivity contribution in [2.75, 3.05) is 11.9 Å². The second-order valence-corrected chi connectivity index (χ2v) is 4.99. The number of aromatic nitrogens is 2. The van der Waals surface area contributed by atoms with Gasteiger partial charge in [-0.1, -0.05) is 11.3 Å². The third-order valence-corrected chi connectivity index (χ3v) is 2.72. The number of hydrogen-bond donors (Lipinski definition) is 0. The van der Waals surface area contributed by atoms with Gasteiger partial charge in [0.2, 0.25) is 5.13 Å². The monoisotopic (exact) mass is 185 g/mol. The molecular formula is C8H15N3S. The summed E-state index contributed by atoms with van der Waals surface area (Å²) in [5.74, 6) is 0. The van der Waals surface area contributed by atoms with Gasteiger partial charge < -0.3 is 4.90 Å². The Hall–Kier alpha value is -0.640. The van der Waals surface area contributed by atoms with E-state index in [2.05, 4.69) is 35.9 Å². The first kappa shape index (κ1) is 9.45. The number of rotatable bonds is 1. The Kier molecular flexibility index (Phi) is 2.37. The zero-order valence-corrected chi connectivity index (χ0v) is 9.07. The average Bonchev–Trinajstić information content (AvgIpc) is 2.32. The van der Waals surface area contributed by atoms with Crippen molar-refractivity contribution in [3.05, 3.63) is 5.01 Å². The van der Waals surface area contributed by atoms with Crippen LogP contribution >= 0.6 is 11.3 Å². The van der Waals surface area contributed by atoms with E-state index in [0.29, 0.717) is 0 Å². The summed E-state index contributed by atoms with van der Waals surface area (Å²) in [7, 11) is 2.04. The highest BCUT2D eigenvalue weighted by Gasteiger charge is 2.19. The van der Waals surface area contributed by atoms with Gasteiger partial charge in [0.05, 0.1) is 0 Å². The number of aryl methyl sites for hydroxylation is 1.